The number of aliphatic hydroxyl groups excluding tert-OH is 8. The van der Waals surface area contributed by atoms with Crippen molar-refractivity contribution in [3.63, 3.8) is 0 Å². The normalized spacial score (nSPS) is 51.7. The van der Waals surface area contributed by atoms with E-state index in [0.717, 1.165) is 38.5 Å². The van der Waals surface area contributed by atoms with Gasteiger partial charge in [-0.05, 0) is 86.9 Å². The number of carbonyl (C=O) groups is 1. The number of ether oxygens (including phenoxy) is 8. The van der Waals surface area contributed by atoms with Gasteiger partial charge in [0.25, 0.3) is 0 Å². The lowest BCUT2D eigenvalue weighted by Gasteiger charge is -2.64. The zero-order valence-corrected chi connectivity index (χ0v) is 38.8. The fourth-order valence-corrected chi connectivity index (χ4v) is 14.6. The topological polar surface area (TPSA) is 253 Å². The van der Waals surface area contributed by atoms with Crippen LogP contribution in [-0.2, 0) is 42.7 Å². The molecule has 4 heterocycles. The summed E-state index contributed by atoms with van der Waals surface area (Å²) < 4.78 is 47.1. The summed E-state index contributed by atoms with van der Waals surface area (Å²) in [6, 6.07) is 0. The number of esters is 1. The van der Waals surface area contributed by atoms with Gasteiger partial charge in [-0.1, -0.05) is 53.2 Å². The molecule has 0 aromatic rings. The molecule has 7 fully saturated rings. The fourth-order valence-electron chi connectivity index (χ4n) is 14.6. The van der Waals surface area contributed by atoms with Crippen LogP contribution in [0, 0.1) is 45.3 Å². The number of carbonyl (C=O) groups excluding carboxylic acids is 1. The van der Waals surface area contributed by atoms with Gasteiger partial charge in [0.2, 0.25) is 0 Å². The van der Waals surface area contributed by atoms with Gasteiger partial charge in [0.1, 0.15) is 66.6 Å². The molecule has 64 heavy (non-hydrogen) atoms. The van der Waals surface area contributed by atoms with Gasteiger partial charge in [0, 0.05) is 24.9 Å². The molecule has 3 saturated carbocycles. The minimum atomic E-state index is -1.67. The molecule has 8 aliphatic rings. The Morgan fingerprint density at radius 2 is 1.47 bits per heavy atom. The molecule has 8 rings (SSSR count). The number of hydrogen-bond donors (Lipinski definition) is 8. The van der Waals surface area contributed by atoms with Crippen molar-refractivity contribution < 1.29 is 83.5 Å². The van der Waals surface area contributed by atoms with E-state index in [1.807, 2.05) is 0 Å². The summed E-state index contributed by atoms with van der Waals surface area (Å²) in [4.78, 5) is 14.3. The van der Waals surface area contributed by atoms with Gasteiger partial charge in [-0.15, -0.1) is 0 Å². The Bertz CT molecular complexity index is 1710. The second-order valence-electron chi connectivity index (χ2n) is 22.2. The zero-order valence-electron chi connectivity index (χ0n) is 38.8. The highest BCUT2D eigenvalue weighted by atomic mass is 16.7. The maximum Gasteiger partial charge on any atom is 0.313 e. The van der Waals surface area contributed by atoms with Crippen molar-refractivity contribution in [2.24, 2.45) is 45.3 Å². The molecule has 4 aliphatic heterocycles. The molecule has 366 valence electrons. The third kappa shape index (κ3) is 7.76. The second kappa shape index (κ2) is 17.8. The molecule has 4 aliphatic carbocycles. The predicted octanol–water partition coefficient (Wildman–Crippen LogP) is 1.45. The van der Waals surface area contributed by atoms with E-state index < -0.39 is 104 Å². The van der Waals surface area contributed by atoms with E-state index in [2.05, 4.69) is 54.5 Å². The van der Waals surface area contributed by atoms with Crippen LogP contribution >= 0.6 is 0 Å². The van der Waals surface area contributed by atoms with Gasteiger partial charge in [-0.25, -0.2) is 0 Å². The van der Waals surface area contributed by atoms with E-state index in [0.29, 0.717) is 25.2 Å². The molecule has 17 heteroatoms. The quantitative estimate of drug-likeness (QED) is 0.102. The van der Waals surface area contributed by atoms with Crippen LogP contribution < -0.4 is 0 Å². The number of rotatable bonds is 12. The summed E-state index contributed by atoms with van der Waals surface area (Å²) in [7, 11) is 1.26. The summed E-state index contributed by atoms with van der Waals surface area (Å²) >= 11 is 0. The van der Waals surface area contributed by atoms with Crippen LogP contribution in [0.3, 0.4) is 0 Å². The van der Waals surface area contributed by atoms with Gasteiger partial charge in [-0.3, -0.25) is 4.79 Å². The Labute approximate surface area is 376 Å². The number of aliphatic hydroxyl groups is 8. The third-order valence-corrected chi connectivity index (χ3v) is 17.9. The van der Waals surface area contributed by atoms with Crippen LogP contribution in [0.2, 0.25) is 0 Å². The molecular formula is C47H76O17. The van der Waals surface area contributed by atoms with Gasteiger partial charge >= 0.3 is 5.97 Å². The van der Waals surface area contributed by atoms with Crippen LogP contribution in [0.5, 0.6) is 0 Å². The summed E-state index contributed by atoms with van der Waals surface area (Å²) in [6.45, 7) is 14.2. The van der Waals surface area contributed by atoms with Crippen LogP contribution in [-0.4, -0.2) is 171 Å². The van der Waals surface area contributed by atoms with Crippen molar-refractivity contribution in [2.75, 3.05) is 26.9 Å². The van der Waals surface area contributed by atoms with Crippen LogP contribution in [0.15, 0.2) is 11.6 Å². The summed E-state index contributed by atoms with van der Waals surface area (Å²) in [6.07, 6.45) is -9.62. The average molecular weight is 913 g/mol. The van der Waals surface area contributed by atoms with E-state index in [-0.39, 0.29) is 59.3 Å². The first kappa shape index (κ1) is 49.0. The predicted molar refractivity (Wildman–Crippen MR) is 225 cm³/mol. The SMILES string of the molecule is COC1C(O)C(CO)OC(OC2C(O)COC(OC3COC(OC4CCC5(C)C6CCC78C(=O)OC(C)(CC(O)CC(C)C)C7CCC8(C)C6=CCC5C4(C)C)C(O)C3O)C2O)C1O. The number of cyclic esters (lactones) is 1. The largest absolute Gasteiger partial charge is 0.458 e. The average Bonchev–Trinajstić information content (AvgIpc) is 3.67. The molecule has 0 aromatic heterocycles. The highest BCUT2D eigenvalue weighted by Gasteiger charge is 2.76. The van der Waals surface area contributed by atoms with Crippen molar-refractivity contribution in [1.82, 2.24) is 0 Å². The zero-order chi connectivity index (χ0) is 46.5. The monoisotopic (exact) mass is 913 g/mol. The molecule has 0 radical (unpaired) electrons. The van der Waals surface area contributed by atoms with Crippen LogP contribution in [0.25, 0.3) is 0 Å². The Kier molecular flexibility index (Phi) is 13.7. The standard InChI is InChI=1S/C47H76O17/c1-22(2)17-23(49)18-46(7)30-12-15-45(6)25-9-10-29-43(3,4)31(13-14-44(29,5)24(25)11-16-47(30,45)42(56)64-46)62-39-34(53)32(51)28(21-59-39)61-40-35(54)37(26(50)20-58-40)63-41-36(55)38(57-8)33(52)27(19-48)60-41/h9,22-24,26-41,48-55H,10-21H2,1-8H3. The smallest absolute Gasteiger partial charge is 0.313 e. The van der Waals surface area contributed by atoms with Crippen molar-refractivity contribution in [2.45, 2.75) is 204 Å². The Morgan fingerprint density at radius 1 is 0.781 bits per heavy atom. The molecule has 22 unspecified atom stereocenters. The maximum absolute atomic E-state index is 14.3. The summed E-state index contributed by atoms with van der Waals surface area (Å²) in [5.41, 5.74) is -0.687. The molecule has 0 bridgehead atoms. The third-order valence-electron chi connectivity index (χ3n) is 17.9. The van der Waals surface area contributed by atoms with Gasteiger partial charge in [0.05, 0.1) is 37.4 Å². The maximum atomic E-state index is 14.3. The van der Waals surface area contributed by atoms with E-state index >= 15 is 0 Å². The first-order valence-electron chi connectivity index (χ1n) is 23.8. The Morgan fingerprint density at radius 3 is 2.16 bits per heavy atom. The van der Waals surface area contributed by atoms with Gasteiger partial charge < -0.3 is 78.7 Å². The van der Waals surface area contributed by atoms with E-state index in [9.17, 15) is 45.6 Å². The molecule has 22 atom stereocenters. The Hall–Kier alpha value is -1.39. The van der Waals surface area contributed by atoms with Gasteiger partial charge in [-0.2, -0.15) is 0 Å². The fraction of sp³-hybridized carbons (Fsp3) is 0.936. The van der Waals surface area contributed by atoms with Gasteiger partial charge in [0.15, 0.2) is 18.9 Å². The number of hydrogen-bond acceptors (Lipinski definition) is 17. The molecule has 4 saturated heterocycles. The molecule has 0 amide bonds. The van der Waals surface area contributed by atoms with E-state index in [1.54, 1.807) is 0 Å². The molecule has 8 N–H and O–H groups in total. The van der Waals surface area contributed by atoms with Crippen LogP contribution in [0.1, 0.15) is 106 Å². The van der Waals surface area contributed by atoms with Crippen molar-refractivity contribution in [3.8, 4) is 0 Å². The number of fused-ring (bicyclic) bond motifs is 4. The van der Waals surface area contributed by atoms with Crippen molar-refractivity contribution in [1.29, 1.82) is 0 Å². The highest BCUT2D eigenvalue weighted by Crippen LogP contribution is 2.76. The second-order valence-corrected chi connectivity index (χ2v) is 22.2. The first-order valence-corrected chi connectivity index (χ1v) is 23.8. The van der Waals surface area contributed by atoms with E-state index in [1.165, 1.54) is 12.7 Å². The molecule has 17 nitrogen and oxygen atoms in total. The summed E-state index contributed by atoms with van der Waals surface area (Å²) in [5, 5.41) is 86.6. The minimum Gasteiger partial charge on any atom is -0.458 e. The van der Waals surface area contributed by atoms with Crippen molar-refractivity contribution >= 4 is 5.97 Å². The minimum absolute atomic E-state index is 0.0486. The molecule has 1 spiro atoms. The first-order chi connectivity index (χ1) is 30.1. The van der Waals surface area contributed by atoms with Crippen LogP contribution in [0.4, 0.5) is 0 Å². The number of allylic oxidation sites excluding steroid dienone is 2. The molecule has 0 aromatic carbocycles. The lowest BCUT2D eigenvalue weighted by molar-refractivity contribution is -0.364. The van der Waals surface area contributed by atoms with E-state index in [4.69, 9.17) is 37.9 Å². The lowest BCUT2D eigenvalue weighted by atomic mass is 9.41. The number of methoxy groups -OCH3 is 1. The van der Waals surface area contributed by atoms with Crippen molar-refractivity contribution in [3.05, 3.63) is 11.6 Å². The lowest BCUT2D eigenvalue weighted by Crippen LogP contribution is -2.64. The summed E-state index contributed by atoms with van der Waals surface area (Å²) in [5.74, 6) is 0.796. The highest BCUT2D eigenvalue weighted by molar-refractivity contribution is 5.83. The molecular weight excluding hydrogens is 836 g/mol. The Balaban J connectivity index is 0.906.